The van der Waals surface area contributed by atoms with Crippen molar-refractivity contribution < 1.29 is 19.1 Å². The van der Waals surface area contributed by atoms with Crippen LogP contribution >= 0.6 is 0 Å². The van der Waals surface area contributed by atoms with Crippen molar-refractivity contribution in [3.05, 3.63) is 30.4 Å². The fourth-order valence-corrected chi connectivity index (χ4v) is 0.777. The van der Waals surface area contributed by atoms with E-state index in [9.17, 15) is 4.79 Å². The molecule has 0 unspecified atom stereocenters. The Bertz CT molecular complexity index is 284. The van der Waals surface area contributed by atoms with Crippen molar-refractivity contribution in [1.29, 1.82) is 0 Å². The van der Waals surface area contributed by atoms with Crippen molar-refractivity contribution in [2.45, 2.75) is 0 Å². The number of carboxylic acids is 1. The molecule has 0 atom stereocenters. The molecule has 1 aromatic rings. The number of methoxy groups -OCH3 is 1. The lowest BCUT2D eigenvalue weighted by Crippen LogP contribution is -1.98. The molecule has 0 radical (unpaired) electrons. The van der Waals surface area contributed by atoms with Crippen LogP contribution in [0.3, 0.4) is 0 Å². The van der Waals surface area contributed by atoms with Crippen molar-refractivity contribution in [1.82, 2.24) is 0 Å². The minimum absolute atomic E-state index is 0.0752. The Labute approximate surface area is 69.1 Å². The van der Waals surface area contributed by atoms with E-state index in [0.29, 0.717) is 5.56 Å². The maximum Gasteiger partial charge on any atom is 0.339 e. The Morgan fingerprint density at radius 1 is 1.75 bits per heavy atom. The lowest BCUT2D eigenvalue weighted by Gasteiger charge is -1.96. The summed E-state index contributed by atoms with van der Waals surface area (Å²) >= 11 is 0. The Kier molecular flexibility index (Phi) is 2.53. The molecule has 0 fully saturated rings. The molecule has 0 spiro atoms. The van der Waals surface area contributed by atoms with Crippen LogP contribution in [0, 0.1) is 0 Å². The van der Waals surface area contributed by atoms with Gasteiger partial charge in [-0.1, -0.05) is 0 Å². The van der Waals surface area contributed by atoms with E-state index in [0.717, 1.165) is 6.26 Å². The quantitative estimate of drug-likeness (QED) is 0.546. The summed E-state index contributed by atoms with van der Waals surface area (Å²) in [4.78, 5) is 10.6. The highest BCUT2D eigenvalue weighted by Gasteiger charge is 2.11. The molecule has 0 aliphatic heterocycles. The zero-order valence-corrected chi connectivity index (χ0v) is 6.48. The number of carbonyl (C=O) groups is 1. The van der Waals surface area contributed by atoms with Crippen LogP contribution in [0.25, 0.3) is 5.57 Å². The average Bonchev–Trinajstić information content (AvgIpc) is 2.51. The van der Waals surface area contributed by atoms with Crippen LogP contribution in [0.15, 0.2) is 29.3 Å². The van der Waals surface area contributed by atoms with Crippen molar-refractivity contribution in [2.24, 2.45) is 0 Å². The topological polar surface area (TPSA) is 59.7 Å². The molecule has 0 aliphatic rings. The Hall–Kier alpha value is -1.71. The van der Waals surface area contributed by atoms with Crippen LogP contribution in [-0.2, 0) is 9.53 Å². The molecule has 12 heavy (non-hydrogen) atoms. The van der Waals surface area contributed by atoms with Crippen molar-refractivity contribution in [2.75, 3.05) is 7.11 Å². The van der Waals surface area contributed by atoms with E-state index >= 15 is 0 Å². The molecule has 0 aliphatic carbocycles. The van der Waals surface area contributed by atoms with Crippen molar-refractivity contribution in [3.63, 3.8) is 0 Å². The first-order valence-corrected chi connectivity index (χ1v) is 3.24. The van der Waals surface area contributed by atoms with Gasteiger partial charge in [0.15, 0.2) is 0 Å². The largest absolute Gasteiger partial charge is 0.503 e. The Balaban J connectivity index is 2.96. The molecular weight excluding hydrogens is 160 g/mol. The second kappa shape index (κ2) is 3.61. The predicted octanol–water partition coefficient (Wildman–Crippen LogP) is 1.35. The molecule has 0 bridgehead atoms. The number of furan rings is 1. The third kappa shape index (κ3) is 1.66. The molecular formula is C8H8O4. The molecule has 0 amide bonds. The number of carboxylic acid groups (broad SMARTS) is 1. The van der Waals surface area contributed by atoms with Crippen LogP contribution < -0.4 is 0 Å². The SMILES string of the molecule is CO/C=C(\C(=O)O)c1ccoc1. The predicted molar refractivity (Wildman–Crippen MR) is 41.3 cm³/mol. The van der Waals surface area contributed by atoms with Gasteiger partial charge in [0.05, 0.1) is 25.9 Å². The van der Waals surface area contributed by atoms with E-state index in [-0.39, 0.29) is 5.57 Å². The molecule has 0 aromatic carbocycles. The first-order valence-electron chi connectivity index (χ1n) is 3.24. The minimum atomic E-state index is -1.04. The highest BCUT2D eigenvalue weighted by molar-refractivity contribution is 6.14. The first-order chi connectivity index (χ1) is 5.75. The van der Waals surface area contributed by atoms with Gasteiger partial charge in [-0.3, -0.25) is 0 Å². The third-order valence-corrected chi connectivity index (χ3v) is 1.30. The van der Waals surface area contributed by atoms with Crippen molar-refractivity contribution >= 4 is 11.5 Å². The average molecular weight is 168 g/mol. The Morgan fingerprint density at radius 2 is 2.50 bits per heavy atom. The van der Waals surface area contributed by atoms with Gasteiger partial charge in [-0.25, -0.2) is 4.79 Å². The summed E-state index contributed by atoms with van der Waals surface area (Å²) in [6.07, 6.45) is 3.91. The van der Waals surface area contributed by atoms with Gasteiger partial charge in [-0.2, -0.15) is 0 Å². The van der Waals surface area contributed by atoms with Gasteiger partial charge in [0.25, 0.3) is 0 Å². The number of ether oxygens (including phenoxy) is 1. The molecule has 1 rings (SSSR count). The van der Waals surface area contributed by atoms with E-state index < -0.39 is 5.97 Å². The number of aliphatic carboxylic acids is 1. The van der Waals surface area contributed by atoms with Crippen LogP contribution in [0.1, 0.15) is 5.56 Å². The number of hydrogen-bond donors (Lipinski definition) is 1. The molecule has 64 valence electrons. The van der Waals surface area contributed by atoms with E-state index in [1.807, 2.05) is 0 Å². The van der Waals surface area contributed by atoms with Crippen LogP contribution in [0.4, 0.5) is 0 Å². The lowest BCUT2D eigenvalue weighted by atomic mass is 10.1. The first kappa shape index (κ1) is 8.39. The zero-order valence-electron chi connectivity index (χ0n) is 6.48. The summed E-state index contributed by atoms with van der Waals surface area (Å²) in [5.74, 6) is -1.04. The van der Waals surface area contributed by atoms with Gasteiger partial charge in [-0.05, 0) is 6.07 Å². The van der Waals surface area contributed by atoms with Crippen LogP contribution in [-0.4, -0.2) is 18.2 Å². The maximum absolute atomic E-state index is 10.6. The fraction of sp³-hybridized carbons (Fsp3) is 0.125. The maximum atomic E-state index is 10.6. The monoisotopic (exact) mass is 168 g/mol. The van der Waals surface area contributed by atoms with Gasteiger partial charge in [-0.15, -0.1) is 0 Å². The number of rotatable bonds is 3. The molecule has 1 aromatic heterocycles. The van der Waals surface area contributed by atoms with E-state index in [1.165, 1.54) is 19.6 Å². The third-order valence-electron chi connectivity index (χ3n) is 1.30. The highest BCUT2D eigenvalue weighted by atomic mass is 16.5. The summed E-state index contributed by atoms with van der Waals surface area (Å²) in [5.41, 5.74) is 0.565. The summed E-state index contributed by atoms with van der Waals surface area (Å²) in [6, 6.07) is 1.55. The summed E-state index contributed by atoms with van der Waals surface area (Å²) in [7, 11) is 1.39. The summed E-state index contributed by atoms with van der Waals surface area (Å²) < 4.78 is 9.34. The minimum Gasteiger partial charge on any atom is -0.503 e. The second-order valence-electron chi connectivity index (χ2n) is 2.08. The molecule has 1 N–H and O–H groups in total. The van der Waals surface area contributed by atoms with Gasteiger partial charge >= 0.3 is 5.97 Å². The van der Waals surface area contributed by atoms with Gasteiger partial charge in [0.2, 0.25) is 0 Å². The Morgan fingerprint density at radius 3 is 2.92 bits per heavy atom. The van der Waals surface area contributed by atoms with Gasteiger partial charge < -0.3 is 14.3 Å². The highest BCUT2D eigenvalue weighted by Crippen LogP contribution is 2.14. The van der Waals surface area contributed by atoms with E-state index in [4.69, 9.17) is 9.52 Å². The molecule has 4 nitrogen and oxygen atoms in total. The van der Waals surface area contributed by atoms with Crippen LogP contribution in [0.5, 0.6) is 0 Å². The van der Waals surface area contributed by atoms with Crippen LogP contribution in [0.2, 0.25) is 0 Å². The van der Waals surface area contributed by atoms with Crippen molar-refractivity contribution in [3.8, 4) is 0 Å². The van der Waals surface area contributed by atoms with E-state index in [1.54, 1.807) is 6.07 Å². The second-order valence-corrected chi connectivity index (χ2v) is 2.08. The molecule has 1 heterocycles. The standard InChI is InChI=1S/C8H8O4/c1-11-5-7(8(9)10)6-2-3-12-4-6/h2-5H,1H3,(H,9,10)/b7-5-. The smallest absolute Gasteiger partial charge is 0.339 e. The lowest BCUT2D eigenvalue weighted by molar-refractivity contribution is -0.130. The summed E-state index contributed by atoms with van der Waals surface area (Å²) in [6.45, 7) is 0. The zero-order chi connectivity index (χ0) is 8.97. The van der Waals surface area contributed by atoms with Gasteiger partial charge in [0.1, 0.15) is 5.57 Å². The molecule has 4 heteroatoms. The van der Waals surface area contributed by atoms with Gasteiger partial charge in [0, 0.05) is 5.56 Å². The fourth-order valence-electron chi connectivity index (χ4n) is 0.777. The molecule has 0 saturated carbocycles. The van der Waals surface area contributed by atoms with E-state index in [2.05, 4.69) is 4.74 Å². The number of hydrogen-bond acceptors (Lipinski definition) is 3. The molecule has 0 saturated heterocycles. The summed E-state index contributed by atoms with van der Waals surface area (Å²) in [5, 5.41) is 8.69. The normalized spacial score (nSPS) is 11.2.